The van der Waals surface area contributed by atoms with E-state index >= 15 is 0 Å². The van der Waals surface area contributed by atoms with Crippen molar-refractivity contribution in [2.45, 2.75) is 0 Å². The van der Waals surface area contributed by atoms with Gasteiger partial charge in [-0.25, -0.2) is 4.98 Å². The Bertz CT molecular complexity index is 783. The van der Waals surface area contributed by atoms with Gasteiger partial charge in [-0.15, -0.1) is 0 Å². The first-order chi connectivity index (χ1) is 9.75. The molecule has 0 saturated carbocycles. The number of hydrogen-bond acceptors (Lipinski definition) is 3. The predicted octanol–water partition coefficient (Wildman–Crippen LogP) is 3.64. The molecule has 3 aromatic rings. The molecule has 98 valence electrons. The number of nitrogens with one attached hydrogen (secondary N) is 1. The molecular weight excluding hydrogens is 318 g/mol. The third-order valence-corrected chi connectivity index (χ3v) is 3.53. The van der Waals surface area contributed by atoms with Crippen LogP contribution in [-0.2, 0) is 0 Å². The molecule has 0 unspecified atom stereocenters. The molecule has 5 heteroatoms. The van der Waals surface area contributed by atoms with E-state index in [4.69, 9.17) is 0 Å². The number of pyridine rings is 2. The summed E-state index contributed by atoms with van der Waals surface area (Å²) in [5, 5.41) is 3.80. The highest BCUT2D eigenvalue weighted by Gasteiger charge is 2.11. The number of halogens is 1. The van der Waals surface area contributed by atoms with Crippen molar-refractivity contribution >= 4 is 38.4 Å². The summed E-state index contributed by atoms with van der Waals surface area (Å²) in [6.07, 6.45) is 3.36. The lowest BCUT2D eigenvalue weighted by Crippen LogP contribution is -2.13. The van der Waals surface area contributed by atoms with E-state index in [1.165, 1.54) is 0 Å². The third-order valence-electron chi connectivity index (χ3n) is 2.90. The topological polar surface area (TPSA) is 54.9 Å². The van der Waals surface area contributed by atoms with E-state index in [1.54, 1.807) is 24.5 Å². The van der Waals surface area contributed by atoms with Crippen molar-refractivity contribution in [1.82, 2.24) is 9.97 Å². The van der Waals surface area contributed by atoms with E-state index in [0.29, 0.717) is 10.2 Å². The number of benzene rings is 1. The van der Waals surface area contributed by atoms with Crippen LogP contribution in [0.3, 0.4) is 0 Å². The molecular formula is C15H10BrN3O. The molecule has 0 fully saturated rings. The molecule has 0 aliphatic rings. The molecule has 1 N–H and O–H groups in total. The molecule has 0 bridgehead atoms. The van der Waals surface area contributed by atoms with Crippen molar-refractivity contribution in [2.24, 2.45) is 0 Å². The van der Waals surface area contributed by atoms with Gasteiger partial charge >= 0.3 is 0 Å². The fourth-order valence-corrected chi connectivity index (χ4v) is 2.39. The molecule has 4 nitrogen and oxygen atoms in total. The van der Waals surface area contributed by atoms with Crippen molar-refractivity contribution in [1.29, 1.82) is 0 Å². The van der Waals surface area contributed by atoms with Gasteiger partial charge in [0.1, 0.15) is 4.60 Å². The average molecular weight is 328 g/mol. The Kier molecular flexibility index (Phi) is 3.43. The number of amides is 1. The number of aromatic nitrogens is 2. The minimum Gasteiger partial charge on any atom is -0.321 e. The van der Waals surface area contributed by atoms with E-state index < -0.39 is 0 Å². The molecule has 0 atom stereocenters. The third kappa shape index (κ3) is 2.40. The molecule has 20 heavy (non-hydrogen) atoms. The molecule has 1 amide bonds. The smallest absolute Gasteiger partial charge is 0.258 e. The van der Waals surface area contributed by atoms with Gasteiger partial charge in [-0.1, -0.05) is 6.07 Å². The Morgan fingerprint density at radius 1 is 1.00 bits per heavy atom. The molecule has 2 heterocycles. The number of carbonyl (C=O) groups is 1. The minimum atomic E-state index is -0.207. The van der Waals surface area contributed by atoms with E-state index in [9.17, 15) is 4.79 Å². The highest BCUT2D eigenvalue weighted by molar-refractivity contribution is 9.10. The molecule has 2 aromatic heterocycles. The standard InChI is InChI=1S/C15H10BrN3O/c16-14-11(5-3-9-18-14)15(20)19-13-7-1-6-12-10(13)4-2-8-17-12/h1-9H,(H,19,20). The van der Waals surface area contributed by atoms with E-state index in [1.807, 2.05) is 30.3 Å². The summed E-state index contributed by atoms with van der Waals surface area (Å²) in [5.74, 6) is -0.207. The van der Waals surface area contributed by atoms with Crippen molar-refractivity contribution in [2.75, 3.05) is 5.32 Å². The maximum atomic E-state index is 12.3. The summed E-state index contributed by atoms with van der Waals surface area (Å²) in [5.41, 5.74) is 2.07. The van der Waals surface area contributed by atoms with Gasteiger partial charge in [0.05, 0.1) is 16.8 Å². The molecule has 1 aromatic carbocycles. The zero-order valence-electron chi connectivity index (χ0n) is 10.4. The number of hydrogen-bond donors (Lipinski definition) is 1. The van der Waals surface area contributed by atoms with Gasteiger partial charge in [0.25, 0.3) is 5.91 Å². The van der Waals surface area contributed by atoms with E-state index in [-0.39, 0.29) is 5.91 Å². The van der Waals surface area contributed by atoms with Crippen LogP contribution in [0, 0.1) is 0 Å². The lowest BCUT2D eigenvalue weighted by molar-refractivity contribution is 0.102. The second-order valence-corrected chi connectivity index (χ2v) is 4.92. The summed E-state index contributed by atoms with van der Waals surface area (Å²) in [6.45, 7) is 0. The number of anilines is 1. The predicted molar refractivity (Wildman–Crippen MR) is 81.6 cm³/mol. The van der Waals surface area contributed by atoms with Crippen LogP contribution >= 0.6 is 15.9 Å². The van der Waals surface area contributed by atoms with E-state index in [2.05, 4.69) is 31.2 Å². The highest BCUT2D eigenvalue weighted by Crippen LogP contribution is 2.22. The van der Waals surface area contributed by atoms with Gasteiger partial charge in [0, 0.05) is 17.8 Å². The van der Waals surface area contributed by atoms with Crippen LogP contribution in [0.4, 0.5) is 5.69 Å². The minimum absolute atomic E-state index is 0.207. The summed E-state index contributed by atoms with van der Waals surface area (Å²) in [6, 6.07) is 12.8. The van der Waals surface area contributed by atoms with Crippen LogP contribution in [0.25, 0.3) is 10.9 Å². The molecule has 0 spiro atoms. The number of nitrogens with zero attached hydrogens (tertiary/aromatic N) is 2. The SMILES string of the molecule is O=C(Nc1cccc2ncccc12)c1cccnc1Br. The summed E-state index contributed by atoms with van der Waals surface area (Å²) in [7, 11) is 0. The first-order valence-electron chi connectivity index (χ1n) is 6.01. The highest BCUT2D eigenvalue weighted by atomic mass is 79.9. The molecule has 0 radical (unpaired) electrons. The largest absolute Gasteiger partial charge is 0.321 e. The number of rotatable bonds is 2. The maximum Gasteiger partial charge on any atom is 0.258 e. The van der Waals surface area contributed by atoms with Crippen molar-refractivity contribution in [3.63, 3.8) is 0 Å². The molecule has 0 saturated heterocycles. The first kappa shape index (κ1) is 12.7. The lowest BCUT2D eigenvalue weighted by atomic mass is 10.1. The Morgan fingerprint density at radius 2 is 1.80 bits per heavy atom. The second-order valence-electron chi connectivity index (χ2n) is 4.17. The second kappa shape index (κ2) is 5.38. The zero-order valence-corrected chi connectivity index (χ0v) is 12.0. The van der Waals surface area contributed by atoms with Gasteiger partial charge in [-0.05, 0) is 52.3 Å². The lowest BCUT2D eigenvalue weighted by Gasteiger charge is -2.08. The van der Waals surface area contributed by atoms with Gasteiger partial charge in [-0.3, -0.25) is 9.78 Å². The van der Waals surface area contributed by atoms with Crippen molar-refractivity contribution < 1.29 is 4.79 Å². The fourth-order valence-electron chi connectivity index (χ4n) is 1.96. The Balaban J connectivity index is 1.98. The normalized spacial score (nSPS) is 10.4. The van der Waals surface area contributed by atoms with Crippen LogP contribution in [0.2, 0.25) is 0 Å². The van der Waals surface area contributed by atoms with Gasteiger partial charge in [-0.2, -0.15) is 0 Å². The Morgan fingerprint density at radius 3 is 2.65 bits per heavy atom. The van der Waals surface area contributed by atoms with Crippen LogP contribution in [0.1, 0.15) is 10.4 Å². The van der Waals surface area contributed by atoms with Crippen molar-refractivity contribution in [3.05, 3.63) is 65.0 Å². The van der Waals surface area contributed by atoms with Crippen LogP contribution in [0.5, 0.6) is 0 Å². The van der Waals surface area contributed by atoms with Crippen LogP contribution < -0.4 is 5.32 Å². The molecule has 0 aliphatic heterocycles. The van der Waals surface area contributed by atoms with Crippen LogP contribution in [-0.4, -0.2) is 15.9 Å². The van der Waals surface area contributed by atoms with Gasteiger partial charge in [0.2, 0.25) is 0 Å². The first-order valence-corrected chi connectivity index (χ1v) is 6.80. The summed E-state index contributed by atoms with van der Waals surface area (Å²) < 4.78 is 0.524. The fraction of sp³-hybridized carbons (Fsp3) is 0. The van der Waals surface area contributed by atoms with Gasteiger partial charge < -0.3 is 5.32 Å². The summed E-state index contributed by atoms with van der Waals surface area (Å²) >= 11 is 3.28. The number of fused-ring (bicyclic) bond motifs is 1. The Labute approximate surface area is 124 Å². The quantitative estimate of drug-likeness (QED) is 0.731. The maximum absolute atomic E-state index is 12.3. The number of carbonyl (C=O) groups excluding carboxylic acids is 1. The molecule has 3 rings (SSSR count). The van der Waals surface area contributed by atoms with Crippen molar-refractivity contribution in [3.8, 4) is 0 Å². The Hall–Kier alpha value is -2.27. The van der Waals surface area contributed by atoms with E-state index in [0.717, 1.165) is 16.6 Å². The van der Waals surface area contributed by atoms with Crippen LogP contribution in [0.15, 0.2) is 59.5 Å². The molecule has 0 aliphatic carbocycles. The average Bonchev–Trinajstić information content (AvgIpc) is 2.48. The summed E-state index contributed by atoms with van der Waals surface area (Å²) in [4.78, 5) is 20.6. The zero-order chi connectivity index (χ0) is 13.9. The monoisotopic (exact) mass is 327 g/mol. The van der Waals surface area contributed by atoms with Gasteiger partial charge in [0.15, 0.2) is 0 Å².